The first kappa shape index (κ1) is 11.2. The quantitative estimate of drug-likeness (QED) is 0.447. The second-order valence-electron chi connectivity index (χ2n) is 3.14. The van der Waals surface area contributed by atoms with Gasteiger partial charge in [0.2, 0.25) is 0 Å². The number of rotatable bonds is 3. The summed E-state index contributed by atoms with van der Waals surface area (Å²) in [7, 11) is 0. The van der Waals surface area contributed by atoms with Crippen molar-refractivity contribution in [2.24, 2.45) is 10.9 Å². The summed E-state index contributed by atoms with van der Waals surface area (Å²) in [6, 6.07) is 0. The molecule has 0 aliphatic heterocycles. The fourth-order valence-corrected chi connectivity index (χ4v) is 0.819. The molecular weight excluding hydrogens is 146 g/mol. The predicted molar refractivity (Wildman–Crippen MR) is 56.5 cm³/mol. The lowest BCUT2D eigenvalue weighted by Gasteiger charge is -2.05. The Morgan fingerprint density at radius 1 is 1.25 bits per heavy atom. The van der Waals surface area contributed by atoms with E-state index < -0.39 is 0 Å². The molecule has 0 radical (unpaired) electrons. The van der Waals surface area contributed by atoms with Crippen LogP contribution in [0, 0.1) is 5.92 Å². The third-order valence-corrected chi connectivity index (χ3v) is 1.70. The minimum atomic E-state index is 0.496. The van der Waals surface area contributed by atoms with Gasteiger partial charge in [-0.25, -0.2) is 0 Å². The monoisotopic (exact) mass is 165 g/mol. The molecule has 68 valence electrons. The molecule has 0 spiro atoms. The van der Waals surface area contributed by atoms with Crippen LogP contribution in [0.4, 0.5) is 0 Å². The largest absolute Gasteiger partial charge is 0.266 e. The van der Waals surface area contributed by atoms with Crippen molar-refractivity contribution >= 4 is 6.21 Å². The third-order valence-electron chi connectivity index (χ3n) is 1.70. The van der Waals surface area contributed by atoms with E-state index in [1.165, 1.54) is 5.57 Å². The van der Waals surface area contributed by atoms with E-state index in [0.717, 1.165) is 5.70 Å². The maximum Gasteiger partial charge on any atom is 0.0427 e. The summed E-state index contributed by atoms with van der Waals surface area (Å²) in [4.78, 5) is 4.31. The Balaban J connectivity index is 4.61. The van der Waals surface area contributed by atoms with Crippen LogP contribution in [-0.4, -0.2) is 6.21 Å². The molecule has 0 unspecified atom stereocenters. The van der Waals surface area contributed by atoms with Crippen LogP contribution in [0.15, 0.2) is 28.4 Å². The van der Waals surface area contributed by atoms with Gasteiger partial charge < -0.3 is 0 Å². The summed E-state index contributed by atoms with van der Waals surface area (Å²) >= 11 is 0. The first-order valence-corrected chi connectivity index (χ1v) is 4.45. The predicted octanol–water partition coefficient (Wildman–Crippen LogP) is 3.58. The van der Waals surface area contributed by atoms with E-state index in [4.69, 9.17) is 0 Å². The summed E-state index contributed by atoms with van der Waals surface area (Å²) < 4.78 is 0. The SMILES string of the molecule is C\C=N/C(=C\C(C)=C/C)C(C)C. The highest BCUT2D eigenvalue weighted by Crippen LogP contribution is 2.13. The van der Waals surface area contributed by atoms with Crippen molar-refractivity contribution in [3.63, 3.8) is 0 Å². The highest BCUT2D eigenvalue weighted by molar-refractivity contribution is 5.55. The van der Waals surface area contributed by atoms with E-state index in [-0.39, 0.29) is 0 Å². The van der Waals surface area contributed by atoms with Gasteiger partial charge in [0.25, 0.3) is 0 Å². The molecule has 0 N–H and O–H groups in total. The fraction of sp³-hybridized carbons (Fsp3) is 0.545. The van der Waals surface area contributed by atoms with Crippen molar-refractivity contribution in [1.82, 2.24) is 0 Å². The highest BCUT2D eigenvalue weighted by atomic mass is 14.7. The van der Waals surface area contributed by atoms with Crippen molar-refractivity contribution in [1.29, 1.82) is 0 Å². The Bertz CT molecular complexity index is 207. The molecule has 0 aromatic rings. The number of nitrogens with zero attached hydrogens (tertiary/aromatic N) is 1. The maximum absolute atomic E-state index is 4.31. The molecule has 0 amide bonds. The van der Waals surface area contributed by atoms with Gasteiger partial charge in [-0.3, -0.25) is 4.99 Å². The van der Waals surface area contributed by atoms with Gasteiger partial charge in [-0.05, 0) is 32.8 Å². The summed E-state index contributed by atoms with van der Waals surface area (Å²) in [5.41, 5.74) is 2.41. The van der Waals surface area contributed by atoms with Gasteiger partial charge in [-0.2, -0.15) is 0 Å². The zero-order valence-electron chi connectivity index (χ0n) is 8.76. The maximum atomic E-state index is 4.31. The summed E-state index contributed by atoms with van der Waals surface area (Å²) in [5.74, 6) is 0.496. The van der Waals surface area contributed by atoms with Crippen LogP contribution in [0.25, 0.3) is 0 Å². The van der Waals surface area contributed by atoms with E-state index in [1.54, 1.807) is 0 Å². The van der Waals surface area contributed by atoms with Gasteiger partial charge in [-0.15, -0.1) is 0 Å². The Morgan fingerprint density at radius 3 is 2.17 bits per heavy atom. The van der Waals surface area contributed by atoms with Gasteiger partial charge in [-0.1, -0.05) is 25.5 Å². The zero-order chi connectivity index (χ0) is 9.56. The van der Waals surface area contributed by atoms with Crippen LogP contribution < -0.4 is 0 Å². The van der Waals surface area contributed by atoms with Gasteiger partial charge in [0, 0.05) is 11.9 Å². The molecule has 0 rings (SSSR count). The van der Waals surface area contributed by atoms with Gasteiger partial charge in [0.05, 0.1) is 0 Å². The molecule has 0 atom stereocenters. The van der Waals surface area contributed by atoms with E-state index in [0.29, 0.717) is 5.92 Å². The van der Waals surface area contributed by atoms with E-state index in [9.17, 15) is 0 Å². The average molecular weight is 165 g/mol. The number of allylic oxidation sites excluding steroid dienone is 4. The summed E-state index contributed by atoms with van der Waals surface area (Å²) in [5, 5.41) is 0. The number of aliphatic imine (C=N–C) groups is 1. The molecule has 12 heavy (non-hydrogen) atoms. The van der Waals surface area contributed by atoms with Crippen molar-refractivity contribution in [2.75, 3.05) is 0 Å². The lowest BCUT2D eigenvalue weighted by molar-refractivity contribution is 0.757. The minimum absolute atomic E-state index is 0.496. The highest BCUT2D eigenvalue weighted by Gasteiger charge is 1.99. The van der Waals surface area contributed by atoms with Crippen molar-refractivity contribution in [3.8, 4) is 0 Å². The van der Waals surface area contributed by atoms with Crippen molar-refractivity contribution in [2.45, 2.75) is 34.6 Å². The lowest BCUT2D eigenvalue weighted by Crippen LogP contribution is -1.91. The van der Waals surface area contributed by atoms with Gasteiger partial charge in [0.15, 0.2) is 0 Å². The van der Waals surface area contributed by atoms with Crippen LogP contribution in [0.5, 0.6) is 0 Å². The number of hydrogen-bond donors (Lipinski definition) is 0. The molecule has 0 heterocycles. The van der Waals surface area contributed by atoms with Crippen molar-refractivity contribution in [3.05, 3.63) is 23.4 Å². The molecule has 0 aromatic carbocycles. The van der Waals surface area contributed by atoms with E-state index in [2.05, 4.69) is 37.9 Å². The average Bonchev–Trinajstić information content (AvgIpc) is 2.03. The topological polar surface area (TPSA) is 12.4 Å². The molecule has 0 aromatic heterocycles. The van der Waals surface area contributed by atoms with Gasteiger partial charge in [0.1, 0.15) is 0 Å². The third kappa shape index (κ3) is 4.12. The second kappa shape index (κ2) is 5.76. The molecule has 0 fully saturated rings. The van der Waals surface area contributed by atoms with Crippen LogP contribution in [-0.2, 0) is 0 Å². The van der Waals surface area contributed by atoms with E-state index in [1.807, 2.05) is 20.1 Å². The summed E-state index contributed by atoms with van der Waals surface area (Å²) in [6.45, 7) is 10.4. The standard InChI is InChI=1S/C11H19N/c1-6-10(5)8-11(9(3)4)12-7-2/h6-9H,1-5H3/b10-6-,11-8-,12-7-. The van der Waals surface area contributed by atoms with Crippen molar-refractivity contribution < 1.29 is 0 Å². The number of hydrogen-bond acceptors (Lipinski definition) is 1. The molecule has 0 saturated heterocycles. The first-order valence-electron chi connectivity index (χ1n) is 4.45. The van der Waals surface area contributed by atoms with E-state index >= 15 is 0 Å². The Hall–Kier alpha value is -0.850. The smallest absolute Gasteiger partial charge is 0.0427 e. The first-order chi connectivity index (χ1) is 5.61. The normalized spacial score (nSPS) is 14.8. The molecule has 0 aliphatic rings. The van der Waals surface area contributed by atoms with Crippen LogP contribution >= 0.6 is 0 Å². The molecule has 0 saturated carbocycles. The Labute approximate surface area is 75.9 Å². The fourth-order valence-electron chi connectivity index (χ4n) is 0.819. The Morgan fingerprint density at radius 2 is 1.83 bits per heavy atom. The molecule has 0 aliphatic carbocycles. The Kier molecular flexibility index (Phi) is 5.35. The molecular formula is C11H19N. The summed E-state index contributed by atoms with van der Waals surface area (Å²) in [6.07, 6.45) is 6.06. The molecule has 1 heteroatoms. The van der Waals surface area contributed by atoms with Gasteiger partial charge >= 0.3 is 0 Å². The van der Waals surface area contributed by atoms with Crippen LogP contribution in [0.2, 0.25) is 0 Å². The zero-order valence-corrected chi connectivity index (χ0v) is 8.76. The van der Waals surface area contributed by atoms with Crippen LogP contribution in [0.1, 0.15) is 34.6 Å². The molecule has 1 nitrogen and oxygen atoms in total. The minimum Gasteiger partial charge on any atom is -0.266 e. The second-order valence-corrected chi connectivity index (χ2v) is 3.14. The van der Waals surface area contributed by atoms with Crippen LogP contribution in [0.3, 0.4) is 0 Å². The molecule has 0 bridgehead atoms. The lowest BCUT2D eigenvalue weighted by atomic mass is 10.1.